The Morgan fingerprint density at radius 3 is 2.55 bits per heavy atom. The van der Waals surface area contributed by atoms with E-state index in [4.69, 9.17) is 4.74 Å². The minimum atomic E-state index is -0.284. The van der Waals surface area contributed by atoms with Crippen LogP contribution in [0.25, 0.3) is 0 Å². The largest absolute Gasteiger partial charge is 0.483 e. The molecule has 0 heterocycles. The Balaban J connectivity index is 1.88. The Bertz CT molecular complexity index is 681. The minimum Gasteiger partial charge on any atom is -0.483 e. The van der Waals surface area contributed by atoms with Crippen molar-refractivity contribution in [1.82, 2.24) is 5.43 Å². The number of benzene rings is 2. The van der Waals surface area contributed by atoms with Gasteiger partial charge in [-0.15, -0.1) is 0 Å². The van der Waals surface area contributed by atoms with E-state index in [1.165, 1.54) is 0 Å². The van der Waals surface area contributed by atoms with Crippen LogP contribution in [0.5, 0.6) is 5.75 Å². The van der Waals surface area contributed by atoms with Crippen molar-refractivity contribution >= 4 is 34.2 Å². The second kappa shape index (κ2) is 7.93. The molecule has 0 unspecified atom stereocenters. The summed E-state index contributed by atoms with van der Waals surface area (Å²) in [5, 5.41) is 4.09. The monoisotopic (exact) mass is 408 g/mol. The number of aryl methyl sites for hydroxylation is 1. The third kappa shape index (κ3) is 4.84. The van der Waals surface area contributed by atoms with Crippen LogP contribution in [-0.2, 0) is 4.79 Å². The fourth-order valence-corrected chi connectivity index (χ4v) is 2.16. The number of para-hydroxylation sites is 1. The van der Waals surface area contributed by atoms with Gasteiger partial charge in [0.15, 0.2) is 6.61 Å². The van der Waals surface area contributed by atoms with E-state index in [1.54, 1.807) is 0 Å². The second-order valence-electron chi connectivity index (χ2n) is 4.79. The van der Waals surface area contributed by atoms with Gasteiger partial charge in [-0.25, -0.2) is 5.43 Å². The van der Waals surface area contributed by atoms with Crippen molar-refractivity contribution in [3.8, 4) is 5.75 Å². The van der Waals surface area contributed by atoms with E-state index in [9.17, 15) is 4.79 Å². The van der Waals surface area contributed by atoms with E-state index in [0.717, 1.165) is 20.4 Å². The Kier molecular flexibility index (Phi) is 5.94. The molecule has 0 bridgehead atoms. The van der Waals surface area contributed by atoms with Gasteiger partial charge >= 0.3 is 0 Å². The molecular weight excluding hydrogens is 391 g/mol. The second-order valence-corrected chi connectivity index (χ2v) is 6.04. The number of hydrogen-bond donors (Lipinski definition) is 1. The standard InChI is InChI=1S/C17H17IN2O2/c1-12-5-3-4-6-16(12)22-11-17(21)20-19-13(2)14-7-9-15(18)10-8-14/h3-10H,11H2,1-2H3,(H,20,21)/b19-13-. The molecule has 2 aromatic carbocycles. The molecule has 2 rings (SSSR count). The average Bonchev–Trinajstić information content (AvgIpc) is 2.52. The summed E-state index contributed by atoms with van der Waals surface area (Å²) < 4.78 is 6.63. The number of hydrazone groups is 1. The molecule has 0 aliphatic heterocycles. The lowest BCUT2D eigenvalue weighted by molar-refractivity contribution is -0.123. The number of amides is 1. The normalized spacial score (nSPS) is 11.1. The van der Waals surface area contributed by atoms with Crippen molar-refractivity contribution in [3.63, 3.8) is 0 Å². The summed E-state index contributed by atoms with van der Waals surface area (Å²) in [7, 11) is 0. The highest BCUT2D eigenvalue weighted by molar-refractivity contribution is 14.1. The van der Waals surface area contributed by atoms with Crippen LogP contribution < -0.4 is 10.2 Å². The third-order valence-electron chi connectivity index (χ3n) is 3.06. The van der Waals surface area contributed by atoms with Crippen LogP contribution in [0.1, 0.15) is 18.1 Å². The summed E-state index contributed by atoms with van der Waals surface area (Å²) in [6.45, 7) is 3.73. The molecule has 0 aliphatic rings. The zero-order valence-corrected chi connectivity index (χ0v) is 14.6. The molecule has 1 N–H and O–H groups in total. The van der Waals surface area contributed by atoms with Crippen LogP contribution >= 0.6 is 22.6 Å². The molecule has 0 spiro atoms. The van der Waals surface area contributed by atoms with Crippen molar-refractivity contribution in [3.05, 3.63) is 63.2 Å². The number of carbonyl (C=O) groups excluding carboxylic acids is 1. The average molecular weight is 408 g/mol. The predicted octanol–water partition coefficient (Wildman–Crippen LogP) is 3.52. The predicted molar refractivity (Wildman–Crippen MR) is 96.2 cm³/mol. The highest BCUT2D eigenvalue weighted by Gasteiger charge is 2.04. The van der Waals surface area contributed by atoms with Gasteiger partial charge in [0.1, 0.15) is 5.75 Å². The number of nitrogens with one attached hydrogen (secondary N) is 1. The van der Waals surface area contributed by atoms with Gasteiger partial charge in [-0.2, -0.15) is 5.10 Å². The molecule has 114 valence electrons. The highest BCUT2D eigenvalue weighted by atomic mass is 127. The lowest BCUT2D eigenvalue weighted by Gasteiger charge is -2.08. The Morgan fingerprint density at radius 1 is 1.18 bits per heavy atom. The maximum atomic E-state index is 11.8. The zero-order chi connectivity index (χ0) is 15.9. The Hall–Kier alpha value is -1.89. The topological polar surface area (TPSA) is 50.7 Å². The number of rotatable bonds is 5. The zero-order valence-electron chi connectivity index (χ0n) is 12.5. The summed E-state index contributed by atoms with van der Waals surface area (Å²) >= 11 is 2.24. The van der Waals surface area contributed by atoms with Crippen molar-refractivity contribution in [2.75, 3.05) is 6.61 Å². The SMILES string of the molecule is C/C(=N/NC(=O)COc1ccccc1C)c1ccc(I)cc1. The molecule has 0 radical (unpaired) electrons. The summed E-state index contributed by atoms with van der Waals surface area (Å²) in [5.74, 6) is 0.420. The summed E-state index contributed by atoms with van der Waals surface area (Å²) in [5.41, 5.74) is 5.23. The van der Waals surface area contributed by atoms with Gasteiger partial charge in [0, 0.05) is 3.57 Å². The molecule has 2 aromatic rings. The van der Waals surface area contributed by atoms with E-state index in [1.807, 2.05) is 62.4 Å². The maximum Gasteiger partial charge on any atom is 0.277 e. The molecule has 0 aliphatic carbocycles. The van der Waals surface area contributed by atoms with Gasteiger partial charge in [0.2, 0.25) is 0 Å². The van der Waals surface area contributed by atoms with Gasteiger partial charge in [0.25, 0.3) is 5.91 Å². The Morgan fingerprint density at radius 2 is 1.86 bits per heavy atom. The lowest BCUT2D eigenvalue weighted by atomic mass is 10.1. The van der Waals surface area contributed by atoms with E-state index in [-0.39, 0.29) is 12.5 Å². The van der Waals surface area contributed by atoms with Crippen molar-refractivity contribution < 1.29 is 9.53 Å². The molecule has 22 heavy (non-hydrogen) atoms. The van der Waals surface area contributed by atoms with Gasteiger partial charge in [-0.3, -0.25) is 4.79 Å². The van der Waals surface area contributed by atoms with Crippen LogP contribution in [0.15, 0.2) is 53.6 Å². The fraction of sp³-hybridized carbons (Fsp3) is 0.176. The third-order valence-corrected chi connectivity index (χ3v) is 3.78. The molecule has 4 nitrogen and oxygen atoms in total. The highest BCUT2D eigenvalue weighted by Crippen LogP contribution is 2.15. The maximum absolute atomic E-state index is 11.8. The number of nitrogens with zero attached hydrogens (tertiary/aromatic N) is 1. The lowest BCUT2D eigenvalue weighted by Crippen LogP contribution is -2.25. The molecular formula is C17H17IN2O2. The quantitative estimate of drug-likeness (QED) is 0.468. The van der Waals surface area contributed by atoms with Crippen LogP contribution in [0.4, 0.5) is 0 Å². The molecule has 5 heteroatoms. The molecule has 0 atom stereocenters. The van der Waals surface area contributed by atoms with Crippen LogP contribution in [-0.4, -0.2) is 18.2 Å². The van der Waals surface area contributed by atoms with E-state index >= 15 is 0 Å². The summed E-state index contributed by atoms with van der Waals surface area (Å²) in [6, 6.07) is 15.5. The van der Waals surface area contributed by atoms with E-state index in [0.29, 0.717) is 5.75 Å². The summed E-state index contributed by atoms with van der Waals surface area (Å²) in [6.07, 6.45) is 0. The molecule has 0 fully saturated rings. The first-order valence-corrected chi connectivity index (χ1v) is 7.91. The number of hydrogen-bond acceptors (Lipinski definition) is 3. The first kappa shape index (κ1) is 16.5. The summed E-state index contributed by atoms with van der Waals surface area (Å²) in [4.78, 5) is 11.8. The molecule has 0 aromatic heterocycles. The smallest absolute Gasteiger partial charge is 0.277 e. The molecule has 1 amide bonds. The molecule has 0 saturated carbocycles. The van der Waals surface area contributed by atoms with Crippen LogP contribution in [0.3, 0.4) is 0 Å². The molecule has 0 saturated heterocycles. The van der Waals surface area contributed by atoms with Gasteiger partial charge in [-0.05, 0) is 65.8 Å². The number of carbonyl (C=O) groups is 1. The van der Waals surface area contributed by atoms with E-state index < -0.39 is 0 Å². The Labute approximate surface area is 143 Å². The van der Waals surface area contributed by atoms with Crippen molar-refractivity contribution in [2.24, 2.45) is 5.10 Å². The fourth-order valence-electron chi connectivity index (χ4n) is 1.80. The van der Waals surface area contributed by atoms with Crippen molar-refractivity contribution in [2.45, 2.75) is 13.8 Å². The minimum absolute atomic E-state index is 0.0612. The van der Waals surface area contributed by atoms with E-state index in [2.05, 4.69) is 33.1 Å². The van der Waals surface area contributed by atoms with Gasteiger partial charge in [-0.1, -0.05) is 30.3 Å². The van der Waals surface area contributed by atoms with Gasteiger partial charge in [0.05, 0.1) is 5.71 Å². The van der Waals surface area contributed by atoms with Crippen LogP contribution in [0, 0.1) is 10.5 Å². The first-order chi connectivity index (χ1) is 10.6. The van der Waals surface area contributed by atoms with Gasteiger partial charge < -0.3 is 4.74 Å². The number of ether oxygens (including phenoxy) is 1. The van der Waals surface area contributed by atoms with Crippen molar-refractivity contribution in [1.29, 1.82) is 0 Å². The first-order valence-electron chi connectivity index (χ1n) is 6.84. The number of halogens is 1. The van der Waals surface area contributed by atoms with Crippen LogP contribution in [0.2, 0.25) is 0 Å².